The quantitative estimate of drug-likeness (QED) is 0.942. The molecule has 4 nitrogen and oxygen atoms in total. The summed E-state index contributed by atoms with van der Waals surface area (Å²) < 4.78 is 1.27. The van der Waals surface area contributed by atoms with Crippen LogP contribution >= 0.6 is 22.9 Å². The van der Waals surface area contributed by atoms with Gasteiger partial charge in [0.05, 0.1) is 5.69 Å². The molecule has 1 heterocycles. The normalized spacial score (nSPS) is 10.6. The average molecular weight is 284 g/mol. The largest absolute Gasteiger partial charge is 0.480 e. The van der Waals surface area contributed by atoms with Gasteiger partial charge in [0.2, 0.25) is 0 Å². The number of aryl methyl sites for hydroxylation is 1. The number of hydrogen-bond acceptors (Lipinski definition) is 3. The summed E-state index contributed by atoms with van der Waals surface area (Å²) in [5.41, 5.74) is 1.43. The number of benzene rings is 1. The van der Waals surface area contributed by atoms with Crippen molar-refractivity contribution in [2.45, 2.75) is 13.5 Å². The Morgan fingerprint density at radius 2 is 2.00 bits per heavy atom. The highest BCUT2D eigenvalue weighted by molar-refractivity contribution is 7.09. The third-order valence-electron chi connectivity index (χ3n) is 2.48. The smallest absolute Gasteiger partial charge is 0.323 e. The number of carboxylic acid groups (broad SMARTS) is 1. The predicted octanol–water partition coefficient (Wildman–Crippen LogP) is 2.62. The molecule has 0 saturated heterocycles. The molecule has 0 aliphatic heterocycles. The standard InChI is InChI=1S/C12H10ClNO3S/c1-7-11(8-2-4-9(13)5-3-8)14(6-10(15)16)12(17)18-7/h2-5H,6H2,1H3,(H,15,16). The zero-order chi connectivity index (χ0) is 13.3. The lowest BCUT2D eigenvalue weighted by Crippen LogP contribution is -2.19. The molecule has 94 valence electrons. The molecule has 0 saturated carbocycles. The summed E-state index contributed by atoms with van der Waals surface area (Å²) in [6.45, 7) is 1.47. The monoisotopic (exact) mass is 283 g/mol. The van der Waals surface area contributed by atoms with E-state index < -0.39 is 5.97 Å². The molecule has 0 amide bonds. The number of aromatic nitrogens is 1. The number of halogens is 1. The first-order chi connectivity index (χ1) is 8.49. The lowest BCUT2D eigenvalue weighted by atomic mass is 10.1. The summed E-state index contributed by atoms with van der Waals surface area (Å²) >= 11 is 6.86. The maximum atomic E-state index is 11.7. The topological polar surface area (TPSA) is 59.3 Å². The fourth-order valence-corrected chi connectivity index (χ4v) is 2.74. The minimum atomic E-state index is -1.04. The molecular formula is C12H10ClNO3S. The zero-order valence-corrected chi connectivity index (χ0v) is 11.1. The van der Waals surface area contributed by atoms with Crippen LogP contribution in [0.25, 0.3) is 11.3 Å². The Morgan fingerprint density at radius 1 is 1.39 bits per heavy atom. The fourth-order valence-electron chi connectivity index (χ4n) is 1.76. The van der Waals surface area contributed by atoms with Crippen molar-refractivity contribution in [3.05, 3.63) is 43.8 Å². The number of thiazole rings is 1. The summed E-state index contributed by atoms with van der Waals surface area (Å²) in [5, 5.41) is 9.44. The van der Waals surface area contributed by atoms with Crippen LogP contribution in [0.5, 0.6) is 0 Å². The van der Waals surface area contributed by atoms with Crippen molar-refractivity contribution in [1.29, 1.82) is 0 Å². The maximum Gasteiger partial charge on any atom is 0.323 e. The van der Waals surface area contributed by atoms with Crippen LogP contribution in [0.3, 0.4) is 0 Å². The summed E-state index contributed by atoms with van der Waals surface area (Å²) in [7, 11) is 0. The summed E-state index contributed by atoms with van der Waals surface area (Å²) in [4.78, 5) is 23.1. The SMILES string of the molecule is Cc1sc(=O)n(CC(=O)O)c1-c1ccc(Cl)cc1. The molecule has 0 unspecified atom stereocenters. The van der Waals surface area contributed by atoms with E-state index in [1.807, 2.05) is 0 Å². The molecular weight excluding hydrogens is 274 g/mol. The molecule has 0 spiro atoms. The molecule has 18 heavy (non-hydrogen) atoms. The van der Waals surface area contributed by atoms with E-state index in [0.29, 0.717) is 10.7 Å². The van der Waals surface area contributed by atoms with E-state index in [9.17, 15) is 9.59 Å². The Bertz CT molecular complexity index is 642. The molecule has 2 rings (SSSR count). The minimum absolute atomic E-state index is 0.264. The highest BCUT2D eigenvalue weighted by atomic mass is 35.5. The second-order valence-corrected chi connectivity index (χ2v) is 5.36. The van der Waals surface area contributed by atoms with E-state index in [1.54, 1.807) is 31.2 Å². The third-order valence-corrected chi connectivity index (χ3v) is 3.62. The third kappa shape index (κ3) is 2.47. The van der Waals surface area contributed by atoms with Crippen LogP contribution in [0.1, 0.15) is 4.88 Å². The average Bonchev–Trinajstić information content (AvgIpc) is 2.55. The molecule has 0 aliphatic rings. The van der Waals surface area contributed by atoms with E-state index >= 15 is 0 Å². The van der Waals surface area contributed by atoms with Gasteiger partial charge in [-0.3, -0.25) is 14.2 Å². The number of carboxylic acids is 1. The maximum absolute atomic E-state index is 11.7. The van der Waals surface area contributed by atoms with Crippen molar-refractivity contribution in [3.63, 3.8) is 0 Å². The lowest BCUT2D eigenvalue weighted by Gasteiger charge is -2.06. The minimum Gasteiger partial charge on any atom is -0.480 e. The number of carbonyl (C=O) groups is 1. The molecule has 0 bridgehead atoms. The van der Waals surface area contributed by atoms with Gasteiger partial charge in [0, 0.05) is 9.90 Å². The van der Waals surface area contributed by atoms with E-state index in [4.69, 9.17) is 16.7 Å². The van der Waals surface area contributed by atoms with Crippen molar-refractivity contribution in [1.82, 2.24) is 4.57 Å². The van der Waals surface area contributed by atoms with Gasteiger partial charge in [-0.1, -0.05) is 35.1 Å². The van der Waals surface area contributed by atoms with Crippen LogP contribution in [0.4, 0.5) is 0 Å². The Balaban J connectivity index is 2.59. The summed E-state index contributed by atoms with van der Waals surface area (Å²) in [6.07, 6.45) is 0. The van der Waals surface area contributed by atoms with Gasteiger partial charge >= 0.3 is 10.8 Å². The highest BCUT2D eigenvalue weighted by Crippen LogP contribution is 2.26. The van der Waals surface area contributed by atoms with Crippen LogP contribution in [-0.4, -0.2) is 15.6 Å². The number of hydrogen-bond donors (Lipinski definition) is 1. The predicted molar refractivity (Wildman–Crippen MR) is 71.4 cm³/mol. The van der Waals surface area contributed by atoms with Gasteiger partial charge in [-0.2, -0.15) is 0 Å². The molecule has 0 atom stereocenters. The van der Waals surface area contributed by atoms with Gasteiger partial charge in [0.15, 0.2) is 0 Å². The van der Waals surface area contributed by atoms with E-state index in [-0.39, 0.29) is 11.4 Å². The van der Waals surface area contributed by atoms with Crippen LogP contribution < -0.4 is 4.87 Å². The number of nitrogens with zero attached hydrogens (tertiary/aromatic N) is 1. The molecule has 1 N–H and O–H groups in total. The van der Waals surface area contributed by atoms with E-state index in [1.165, 1.54) is 4.57 Å². The Labute approximate surface area is 112 Å². The Morgan fingerprint density at radius 3 is 2.56 bits per heavy atom. The van der Waals surface area contributed by atoms with Crippen molar-refractivity contribution >= 4 is 28.9 Å². The summed E-state index contributed by atoms with van der Waals surface area (Å²) in [6, 6.07) is 6.97. The molecule has 1 aromatic heterocycles. The number of rotatable bonds is 3. The second-order valence-electron chi connectivity index (χ2n) is 3.76. The Hall–Kier alpha value is -1.59. The van der Waals surface area contributed by atoms with Crippen molar-refractivity contribution in [2.24, 2.45) is 0 Å². The van der Waals surface area contributed by atoms with Gasteiger partial charge in [-0.05, 0) is 24.6 Å². The molecule has 0 aliphatic carbocycles. The highest BCUT2D eigenvalue weighted by Gasteiger charge is 2.15. The molecule has 0 radical (unpaired) electrons. The molecule has 2 aromatic rings. The Kier molecular flexibility index (Phi) is 3.54. The van der Waals surface area contributed by atoms with Crippen LogP contribution in [0.15, 0.2) is 29.1 Å². The molecule has 1 aromatic carbocycles. The lowest BCUT2D eigenvalue weighted by molar-refractivity contribution is -0.137. The van der Waals surface area contributed by atoms with Gasteiger partial charge in [0.1, 0.15) is 6.54 Å². The van der Waals surface area contributed by atoms with Crippen molar-refractivity contribution in [3.8, 4) is 11.3 Å². The molecule has 0 fully saturated rings. The first-order valence-electron chi connectivity index (χ1n) is 5.17. The first-order valence-corrected chi connectivity index (χ1v) is 6.36. The van der Waals surface area contributed by atoms with Crippen LogP contribution in [0.2, 0.25) is 5.02 Å². The van der Waals surface area contributed by atoms with E-state index in [0.717, 1.165) is 21.8 Å². The zero-order valence-electron chi connectivity index (χ0n) is 9.51. The number of aliphatic carboxylic acids is 1. The second kappa shape index (κ2) is 4.96. The fraction of sp³-hybridized carbons (Fsp3) is 0.167. The van der Waals surface area contributed by atoms with Crippen molar-refractivity contribution < 1.29 is 9.90 Å². The summed E-state index contributed by atoms with van der Waals surface area (Å²) in [5.74, 6) is -1.04. The van der Waals surface area contributed by atoms with Gasteiger partial charge in [0.25, 0.3) is 0 Å². The van der Waals surface area contributed by atoms with Crippen molar-refractivity contribution in [2.75, 3.05) is 0 Å². The first kappa shape index (κ1) is 12.9. The van der Waals surface area contributed by atoms with Gasteiger partial charge in [-0.25, -0.2) is 0 Å². The van der Waals surface area contributed by atoms with Gasteiger partial charge < -0.3 is 5.11 Å². The molecule has 6 heteroatoms. The van der Waals surface area contributed by atoms with Crippen LogP contribution in [-0.2, 0) is 11.3 Å². The van der Waals surface area contributed by atoms with Gasteiger partial charge in [-0.15, -0.1) is 0 Å². The van der Waals surface area contributed by atoms with E-state index in [2.05, 4.69) is 0 Å². The van der Waals surface area contributed by atoms with Crippen LogP contribution in [0, 0.1) is 6.92 Å².